The van der Waals surface area contributed by atoms with E-state index in [1.54, 1.807) is 49.5 Å². The second-order valence-corrected chi connectivity index (χ2v) is 5.86. The van der Waals surface area contributed by atoms with Gasteiger partial charge < -0.3 is 14.1 Å². The molecule has 0 bridgehead atoms. The molecule has 122 valence electrons. The van der Waals surface area contributed by atoms with Gasteiger partial charge in [-0.1, -0.05) is 0 Å². The molecule has 3 aromatic rings. The predicted molar refractivity (Wildman–Crippen MR) is 92.4 cm³/mol. The van der Waals surface area contributed by atoms with Gasteiger partial charge in [0.15, 0.2) is 10.4 Å². The van der Waals surface area contributed by atoms with Crippen molar-refractivity contribution in [2.75, 3.05) is 11.9 Å². The van der Waals surface area contributed by atoms with E-state index in [0.29, 0.717) is 16.3 Å². The van der Waals surface area contributed by atoms with E-state index >= 15 is 0 Å². The average Bonchev–Trinajstić information content (AvgIpc) is 3.03. The fraction of sp³-hybridized carbons (Fsp3) is 0.118. The Balaban J connectivity index is 1.71. The molecule has 0 aliphatic rings. The van der Waals surface area contributed by atoms with Crippen LogP contribution in [0.15, 0.2) is 57.6 Å². The number of rotatable bonds is 4. The Morgan fingerprint density at radius 3 is 2.42 bits per heavy atom. The van der Waals surface area contributed by atoms with Gasteiger partial charge in [-0.05, 0) is 65.3 Å². The number of carbonyl (C=O) groups excluding carboxylic acids is 1. The zero-order valence-electron chi connectivity index (χ0n) is 13.1. The second kappa shape index (κ2) is 6.84. The maximum Gasteiger partial charge on any atom is 0.293 e. The molecular weight excluding hydrogens is 374 g/mol. The first kappa shape index (κ1) is 16.2. The monoisotopic (exact) mass is 387 g/mol. The summed E-state index contributed by atoms with van der Waals surface area (Å²) in [6.07, 6.45) is 0. The van der Waals surface area contributed by atoms with Crippen LogP contribution in [0.4, 0.5) is 5.69 Å². The highest BCUT2D eigenvalue weighted by molar-refractivity contribution is 9.10. The van der Waals surface area contributed by atoms with E-state index < -0.39 is 0 Å². The van der Waals surface area contributed by atoms with Gasteiger partial charge in [-0.2, -0.15) is 5.10 Å². The van der Waals surface area contributed by atoms with Crippen molar-refractivity contribution >= 4 is 27.5 Å². The number of benzene rings is 1. The smallest absolute Gasteiger partial charge is 0.293 e. The third kappa shape index (κ3) is 3.62. The molecule has 0 radical (unpaired) electrons. The van der Waals surface area contributed by atoms with Crippen LogP contribution in [0.25, 0.3) is 0 Å². The Hall–Kier alpha value is -2.67. The lowest BCUT2D eigenvalue weighted by atomic mass is 10.2. The van der Waals surface area contributed by atoms with Gasteiger partial charge in [0.2, 0.25) is 5.88 Å². The van der Waals surface area contributed by atoms with Crippen LogP contribution in [0.1, 0.15) is 16.2 Å². The molecule has 1 amide bonds. The van der Waals surface area contributed by atoms with E-state index in [0.717, 1.165) is 11.4 Å². The number of hydrogen-bond acceptors (Lipinski definition) is 5. The lowest BCUT2D eigenvalue weighted by molar-refractivity contribution is 0.0965. The lowest BCUT2D eigenvalue weighted by Gasteiger charge is -2.16. The summed E-state index contributed by atoms with van der Waals surface area (Å²) in [5.74, 6) is 1.05. The molecule has 2 heterocycles. The van der Waals surface area contributed by atoms with Gasteiger partial charge >= 0.3 is 0 Å². The lowest BCUT2D eigenvalue weighted by Crippen LogP contribution is -2.25. The van der Waals surface area contributed by atoms with Crippen molar-refractivity contribution in [2.24, 2.45) is 0 Å². The SMILES string of the molecule is Cc1ccc(Oc2ccc(N(C)C(=O)c3ccc(Br)o3)cc2)nn1. The number of nitrogens with zero attached hydrogens (tertiary/aromatic N) is 3. The molecule has 0 N–H and O–H groups in total. The normalized spacial score (nSPS) is 10.5. The topological polar surface area (TPSA) is 68.5 Å². The van der Waals surface area contributed by atoms with Crippen LogP contribution in [-0.4, -0.2) is 23.2 Å². The molecule has 0 saturated carbocycles. The molecule has 0 atom stereocenters. The molecule has 6 nitrogen and oxygen atoms in total. The molecule has 3 rings (SSSR count). The molecule has 0 unspecified atom stereocenters. The molecule has 0 aliphatic carbocycles. The van der Waals surface area contributed by atoms with Crippen molar-refractivity contribution in [1.82, 2.24) is 10.2 Å². The Morgan fingerprint density at radius 2 is 1.83 bits per heavy atom. The highest BCUT2D eigenvalue weighted by atomic mass is 79.9. The Bertz CT molecular complexity index is 844. The number of anilines is 1. The van der Waals surface area contributed by atoms with Crippen LogP contribution in [0, 0.1) is 6.92 Å². The molecule has 2 aromatic heterocycles. The standard InChI is InChI=1S/C17H14BrN3O3/c1-11-3-10-16(20-19-11)23-13-6-4-12(5-7-13)21(2)17(22)14-8-9-15(18)24-14/h3-10H,1-2H3. The fourth-order valence-electron chi connectivity index (χ4n) is 2.01. The third-order valence-electron chi connectivity index (χ3n) is 3.31. The molecule has 0 fully saturated rings. The van der Waals surface area contributed by atoms with E-state index in [1.807, 2.05) is 13.0 Å². The first-order chi connectivity index (χ1) is 11.5. The Kier molecular flexibility index (Phi) is 4.61. The van der Waals surface area contributed by atoms with Gasteiger partial charge in [0.1, 0.15) is 5.75 Å². The van der Waals surface area contributed by atoms with Gasteiger partial charge in [0, 0.05) is 18.8 Å². The van der Waals surface area contributed by atoms with Crippen LogP contribution in [0.3, 0.4) is 0 Å². The average molecular weight is 388 g/mol. The Morgan fingerprint density at radius 1 is 1.08 bits per heavy atom. The summed E-state index contributed by atoms with van der Waals surface area (Å²) < 4.78 is 11.4. The van der Waals surface area contributed by atoms with Crippen molar-refractivity contribution in [3.63, 3.8) is 0 Å². The van der Waals surface area contributed by atoms with Crippen LogP contribution in [0.2, 0.25) is 0 Å². The quantitative estimate of drug-likeness (QED) is 0.670. The van der Waals surface area contributed by atoms with Gasteiger partial charge in [-0.25, -0.2) is 0 Å². The molecule has 0 spiro atoms. The maximum atomic E-state index is 12.3. The van der Waals surface area contributed by atoms with Crippen molar-refractivity contribution in [2.45, 2.75) is 6.92 Å². The molecule has 0 saturated heterocycles. The van der Waals surface area contributed by atoms with Crippen LogP contribution < -0.4 is 9.64 Å². The summed E-state index contributed by atoms with van der Waals surface area (Å²) in [5.41, 5.74) is 1.54. The van der Waals surface area contributed by atoms with Gasteiger partial charge in [0.05, 0.1) is 5.69 Å². The number of hydrogen-bond donors (Lipinski definition) is 0. The van der Waals surface area contributed by atoms with Gasteiger partial charge in [-0.3, -0.25) is 4.79 Å². The number of furan rings is 1. The minimum absolute atomic E-state index is 0.237. The summed E-state index contributed by atoms with van der Waals surface area (Å²) in [5, 5.41) is 7.89. The van der Waals surface area contributed by atoms with E-state index in [9.17, 15) is 4.79 Å². The van der Waals surface area contributed by atoms with Gasteiger partial charge in [0.25, 0.3) is 5.91 Å². The number of aryl methyl sites for hydroxylation is 1. The molecule has 0 aliphatic heterocycles. The zero-order valence-corrected chi connectivity index (χ0v) is 14.6. The molecule has 24 heavy (non-hydrogen) atoms. The van der Waals surface area contributed by atoms with Crippen molar-refractivity contribution in [3.05, 3.63) is 64.7 Å². The summed E-state index contributed by atoms with van der Waals surface area (Å²) in [6, 6.07) is 14.0. The van der Waals surface area contributed by atoms with E-state index in [-0.39, 0.29) is 11.7 Å². The summed E-state index contributed by atoms with van der Waals surface area (Å²) in [7, 11) is 1.68. The Labute approximate surface area is 147 Å². The van der Waals surface area contributed by atoms with E-state index in [4.69, 9.17) is 9.15 Å². The minimum Gasteiger partial charge on any atom is -0.444 e. The van der Waals surface area contributed by atoms with Crippen LogP contribution >= 0.6 is 15.9 Å². The number of carbonyl (C=O) groups is 1. The van der Waals surface area contributed by atoms with Gasteiger partial charge in [-0.15, -0.1) is 5.10 Å². The van der Waals surface area contributed by atoms with Crippen LogP contribution in [-0.2, 0) is 0 Å². The van der Waals surface area contributed by atoms with Crippen LogP contribution in [0.5, 0.6) is 11.6 Å². The fourth-order valence-corrected chi connectivity index (χ4v) is 2.32. The number of ether oxygens (including phenoxy) is 1. The highest BCUT2D eigenvalue weighted by Crippen LogP contribution is 2.24. The first-order valence-electron chi connectivity index (χ1n) is 7.14. The summed E-state index contributed by atoms with van der Waals surface area (Å²) >= 11 is 3.19. The molecule has 7 heteroatoms. The minimum atomic E-state index is -0.237. The number of halogens is 1. The van der Waals surface area contributed by atoms with E-state index in [2.05, 4.69) is 26.1 Å². The van der Waals surface area contributed by atoms with Crippen molar-refractivity contribution in [3.8, 4) is 11.6 Å². The number of amides is 1. The third-order valence-corrected chi connectivity index (χ3v) is 3.73. The zero-order chi connectivity index (χ0) is 17.1. The maximum absolute atomic E-state index is 12.3. The summed E-state index contributed by atoms with van der Waals surface area (Å²) in [6.45, 7) is 1.86. The van der Waals surface area contributed by atoms with E-state index in [1.165, 1.54) is 4.90 Å². The summed E-state index contributed by atoms with van der Waals surface area (Å²) in [4.78, 5) is 13.8. The molecule has 1 aromatic carbocycles. The number of aromatic nitrogens is 2. The second-order valence-electron chi connectivity index (χ2n) is 5.08. The van der Waals surface area contributed by atoms with Crippen molar-refractivity contribution < 1.29 is 13.9 Å². The predicted octanol–water partition coefficient (Wildman–Crippen LogP) is 4.21. The van der Waals surface area contributed by atoms with Crippen molar-refractivity contribution in [1.29, 1.82) is 0 Å². The highest BCUT2D eigenvalue weighted by Gasteiger charge is 2.17. The molecular formula is C17H14BrN3O3. The first-order valence-corrected chi connectivity index (χ1v) is 7.94. The largest absolute Gasteiger partial charge is 0.444 e.